The molecule has 0 radical (unpaired) electrons. The molecule has 1 aromatic rings. The van der Waals surface area contributed by atoms with Crippen molar-refractivity contribution >= 4 is 26.0 Å². The minimum absolute atomic E-state index is 0.298. The van der Waals surface area contributed by atoms with Crippen LogP contribution in [0.3, 0.4) is 0 Å². The van der Waals surface area contributed by atoms with E-state index in [9.17, 15) is 8.42 Å². The second-order valence-electron chi connectivity index (χ2n) is 5.50. The molecule has 0 atom stereocenters. The summed E-state index contributed by atoms with van der Waals surface area (Å²) in [6, 6.07) is 4.99. The summed E-state index contributed by atoms with van der Waals surface area (Å²) in [6.45, 7) is 5.26. The number of halogens is 1. The summed E-state index contributed by atoms with van der Waals surface area (Å²) >= 11 is 3.41. The van der Waals surface area contributed by atoms with Crippen molar-refractivity contribution in [1.29, 1.82) is 0 Å². The SMILES string of the molecule is CCCCOc1cc(S(=O)(=O)N2CCN(C)CC2)ccc1Br. The van der Waals surface area contributed by atoms with Gasteiger partial charge >= 0.3 is 0 Å². The van der Waals surface area contributed by atoms with Crippen LogP contribution in [0.1, 0.15) is 19.8 Å². The Labute approximate surface area is 141 Å². The third-order valence-corrected chi connectivity index (χ3v) is 6.31. The Kier molecular flexibility index (Phi) is 6.26. The van der Waals surface area contributed by atoms with Gasteiger partial charge in [0.05, 0.1) is 16.0 Å². The van der Waals surface area contributed by atoms with Gasteiger partial charge in [-0.15, -0.1) is 0 Å². The molecule has 0 N–H and O–H groups in total. The van der Waals surface area contributed by atoms with Gasteiger partial charge in [0.15, 0.2) is 0 Å². The molecule has 0 amide bonds. The van der Waals surface area contributed by atoms with Gasteiger partial charge in [-0.2, -0.15) is 4.31 Å². The number of hydrogen-bond acceptors (Lipinski definition) is 4. The highest BCUT2D eigenvalue weighted by Gasteiger charge is 2.28. The predicted molar refractivity (Wildman–Crippen MR) is 90.8 cm³/mol. The van der Waals surface area contributed by atoms with Gasteiger partial charge < -0.3 is 9.64 Å². The van der Waals surface area contributed by atoms with E-state index in [1.165, 1.54) is 0 Å². The van der Waals surface area contributed by atoms with Crippen LogP contribution in [0.5, 0.6) is 5.75 Å². The monoisotopic (exact) mass is 390 g/mol. The first-order chi connectivity index (χ1) is 10.4. The highest BCUT2D eigenvalue weighted by Crippen LogP contribution is 2.29. The lowest BCUT2D eigenvalue weighted by Gasteiger charge is -2.31. The van der Waals surface area contributed by atoms with E-state index in [-0.39, 0.29) is 0 Å². The molecule has 1 aliphatic rings. The maximum Gasteiger partial charge on any atom is 0.243 e. The van der Waals surface area contributed by atoms with Crippen LogP contribution in [-0.2, 0) is 10.0 Å². The average Bonchev–Trinajstić information content (AvgIpc) is 2.49. The number of piperazine rings is 1. The van der Waals surface area contributed by atoms with Crippen molar-refractivity contribution < 1.29 is 13.2 Å². The van der Waals surface area contributed by atoms with Crippen molar-refractivity contribution in [3.63, 3.8) is 0 Å². The quantitative estimate of drug-likeness (QED) is 0.700. The van der Waals surface area contributed by atoms with Crippen molar-refractivity contribution in [2.24, 2.45) is 0 Å². The zero-order valence-electron chi connectivity index (χ0n) is 13.1. The van der Waals surface area contributed by atoms with Gasteiger partial charge in [0.25, 0.3) is 0 Å². The molecule has 22 heavy (non-hydrogen) atoms. The molecule has 0 spiro atoms. The Bertz CT molecular complexity index is 599. The van der Waals surface area contributed by atoms with E-state index >= 15 is 0 Å². The second-order valence-corrected chi connectivity index (χ2v) is 8.29. The van der Waals surface area contributed by atoms with Gasteiger partial charge in [-0.25, -0.2) is 8.42 Å². The standard InChI is InChI=1S/C15H23BrN2O3S/c1-3-4-11-21-15-12-13(5-6-14(15)16)22(19,20)18-9-7-17(2)8-10-18/h5-6,12H,3-4,7-11H2,1-2H3. The highest BCUT2D eigenvalue weighted by molar-refractivity contribution is 9.10. The van der Waals surface area contributed by atoms with E-state index in [2.05, 4.69) is 27.8 Å². The molecule has 5 nitrogen and oxygen atoms in total. The highest BCUT2D eigenvalue weighted by atomic mass is 79.9. The molecule has 1 saturated heterocycles. The molecule has 1 fully saturated rings. The maximum atomic E-state index is 12.7. The van der Waals surface area contributed by atoms with Gasteiger partial charge in [0, 0.05) is 32.2 Å². The second kappa shape index (κ2) is 7.77. The van der Waals surface area contributed by atoms with Gasteiger partial charge in [0.1, 0.15) is 5.75 Å². The van der Waals surface area contributed by atoms with Crippen molar-refractivity contribution in [3.8, 4) is 5.75 Å². The summed E-state index contributed by atoms with van der Waals surface area (Å²) in [4.78, 5) is 2.43. The van der Waals surface area contributed by atoms with Crippen LogP contribution in [0.25, 0.3) is 0 Å². The molecule has 0 unspecified atom stereocenters. The first-order valence-electron chi connectivity index (χ1n) is 7.56. The summed E-state index contributed by atoms with van der Waals surface area (Å²) in [5.74, 6) is 0.587. The Morgan fingerprint density at radius 2 is 1.91 bits per heavy atom. The molecule has 0 aliphatic carbocycles. The zero-order chi connectivity index (χ0) is 16.2. The lowest BCUT2D eigenvalue weighted by atomic mass is 10.3. The Morgan fingerprint density at radius 1 is 1.23 bits per heavy atom. The van der Waals surface area contributed by atoms with Crippen molar-refractivity contribution in [1.82, 2.24) is 9.21 Å². The third kappa shape index (κ3) is 4.22. The van der Waals surface area contributed by atoms with Gasteiger partial charge in [-0.05, 0) is 41.5 Å². The summed E-state index contributed by atoms with van der Waals surface area (Å²) in [6.07, 6.45) is 1.98. The fourth-order valence-electron chi connectivity index (χ4n) is 2.26. The molecule has 1 aliphatic heterocycles. The normalized spacial score (nSPS) is 17.6. The topological polar surface area (TPSA) is 49.9 Å². The number of benzene rings is 1. The van der Waals surface area contributed by atoms with Crippen LogP contribution >= 0.6 is 15.9 Å². The van der Waals surface area contributed by atoms with Crippen molar-refractivity contribution in [2.75, 3.05) is 39.8 Å². The van der Waals surface area contributed by atoms with Gasteiger partial charge in [0.2, 0.25) is 10.0 Å². The minimum atomic E-state index is -3.45. The third-order valence-electron chi connectivity index (χ3n) is 3.76. The van der Waals surface area contributed by atoms with Crippen molar-refractivity contribution in [2.45, 2.75) is 24.7 Å². The number of sulfonamides is 1. The van der Waals surface area contributed by atoms with E-state index in [4.69, 9.17) is 4.74 Å². The molecule has 0 aromatic heterocycles. The van der Waals surface area contributed by atoms with Crippen LogP contribution in [0.4, 0.5) is 0 Å². The van der Waals surface area contributed by atoms with Crippen LogP contribution in [-0.4, -0.2) is 57.5 Å². The molecule has 0 bridgehead atoms. The first-order valence-corrected chi connectivity index (χ1v) is 9.79. The van der Waals surface area contributed by atoms with Crippen LogP contribution < -0.4 is 4.74 Å². The number of hydrogen-bond donors (Lipinski definition) is 0. The Balaban J connectivity index is 2.18. The van der Waals surface area contributed by atoms with Crippen LogP contribution in [0, 0.1) is 0 Å². The molecule has 1 heterocycles. The first kappa shape index (κ1) is 17.7. The zero-order valence-corrected chi connectivity index (χ0v) is 15.5. The molecular formula is C15H23BrN2O3S. The summed E-state index contributed by atoms with van der Waals surface area (Å²) < 4.78 is 33.5. The average molecular weight is 391 g/mol. The molecule has 2 rings (SSSR count). The van der Waals surface area contributed by atoms with E-state index in [0.717, 1.165) is 30.4 Å². The number of nitrogens with zero attached hydrogens (tertiary/aromatic N) is 2. The largest absolute Gasteiger partial charge is 0.492 e. The maximum absolute atomic E-state index is 12.7. The summed E-state index contributed by atoms with van der Waals surface area (Å²) in [5.41, 5.74) is 0. The van der Waals surface area contributed by atoms with Gasteiger partial charge in [-0.3, -0.25) is 0 Å². The number of rotatable bonds is 6. The molecule has 1 aromatic carbocycles. The number of unbranched alkanes of at least 4 members (excludes halogenated alkanes) is 1. The van der Waals surface area contributed by atoms with Crippen LogP contribution in [0.2, 0.25) is 0 Å². The summed E-state index contributed by atoms with van der Waals surface area (Å²) in [5, 5.41) is 0. The fourth-order valence-corrected chi connectivity index (χ4v) is 4.06. The summed E-state index contributed by atoms with van der Waals surface area (Å²) in [7, 11) is -1.45. The number of ether oxygens (including phenoxy) is 1. The van der Waals surface area contributed by atoms with Crippen molar-refractivity contribution in [3.05, 3.63) is 22.7 Å². The van der Waals surface area contributed by atoms with Crippen LogP contribution in [0.15, 0.2) is 27.6 Å². The Morgan fingerprint density at radius 3 is 2.55 bits per heavy atom. The minimum Gasteiger partial charge on any atom is -0.492 e. The predicted octanol–water partition coefficient (Wildman–Crippen LogP) is 2.56. The fraction of sp³-hybridized carbons (Fsp3) is 0.600. The smallest absolute Gasteiger partial charge is 0.243 e. The molecule has 124 valence electrons. The van der Waals surface area contributed by atoms with E-state index in [0.29, 0.717) is 30.3 Å². The molecule has 7 heteroatoms. The molecular weight excluding hydrogens is 368 g/mol. The van der Waals surface area contributed by atoms with E-state index in [1.54, 1.807) is 22.5 Å². The lowest BCUT2D eigenvalue weighted by Crippen LogP contribution is -2.47. The molecule has 0 saturated carbocycles. The van der Waals surface area contributed by atoms with E-state index in [1.807, 2.05) is 7.05 Å². The van der Waals surface area contributed by atoms with E-state index < -0.39 is 10.0 Å². The number of likely N-dealkylation sites (N-methyl/N-ethyl adjacent to an activating group) is 1. The Hall–Kier alpha value is -0.630. The lowest BCUT2D eigenvalue weighted by molar-refractivity contribution is 0.222. The van der Waals surface area contributed by atoms with Gasteiger partial charge in [-0.1, -0.05) is 13.3 Å².